The first-order chi connectivity index (χ1) is 11.4. The summed E-state index contributed by atoms with van der Waals surface area (Å²) in [6.07, 6.45) is 0.795. The van der Waals surface area contributed by atoms with E-state index in [1.54, 1.807) is 0 Å². The highest BCUT2D eigenvalue weighted by atomic mass is 35.5. The van der Waals surface area contributed by atoms with Gasteiger partial charge in [0.25, 0.3) is 5.91 Å². The van der Waals surface area contributed by atoms with E-state index in [9.17, 15) is 13.2 Å². The van der Waals surface area contributed by atoms with Crippen LogP contribution in [0.1, 0.15) is 29.3 Å². The van der Waals surface area contributed by atoms with Gasteiger partial charge in [-0.3, -0.25) is 4.79 Å². The zero-order valence-electron chi connectivity index (χ0n) is 13.3. The topological polar surface area (TPSA) is 75.3 Å². The Morgan fingerprint density at radius 3 is 2.50 bits per heavy atom. The molecule has 0 atom stereocenters. The Kier molecular flexibility index (Phi) is 6.36. The van der Waals surface area contributed by atoms with Gasteiger partial charge >= 0.3 is 0 Å². The van der Waals surface area contributed by atoms with Crippen LogP contribution >= 0.6 is 11.6 Å². The molecule has 2 aromatic rings. The molecule has 0 saturated carbocycles. The Morgan fingerprint density at radius 2 is 1.83 bits per heavy atom. The van der Waals surface area contributed by atoms with Crippen LogP contribution in [-0.2, 0) is 16.6 Å². The normalized spacial score (nSPS) is 11.2. The van der Waals surface area contributed by atoms with Crippen molar-refractivity contribution in [1.29, 1.82) is 0 Å². The van der Waals surface area contributed by atoms with Gasteiger partial charge in [-0.2, -0.15) is 0 Å². The molecule has 0 spiro atoms. The predicted octanol–water partition coefficient (Wildman–Crippen LogP) is 2.96. The third-order valence-corrected chi connectivity index (χ3v) is 5.21. The zero-order chi connectivity index (χ0) is 17.6. The first-order valence-corrected chi connectivity index (χ1v) is 9.41. The molecule has 2 N–H and O–H groups in total. The molecule has 1 amide bonds. The van der Waals surface area contributed by atoms with Gasteiger partial charge in [-0.25, -0.2) is 13.1 Å². The van der Waals surface area contributed by atoms with Crippen LogP contribution in [-0.4, -0.2) is 20.9 Å². The van der Waals surface area contributed by atoms with E-state index in [-0.39, 0.29) is 27.9 Å². The van der Waals surface area contributed by atoms with Gasteiger partial charge in [0, 0.05) is 18.7 Å². The maximum atomic E-state index is 12.5. The molecule has 0 aliphatic carbocycles. The molecule has 128 valence electrons. The number of sulfonamides is 1. The fraction of sp³-hybridized carbons (Fsp3) is 0.235. The highest BCUT2D eigenvalue weighted by Gasteiger charge is 2.20. The lowest BCUT2D eigenvalue weighted by Gasteiger charge is -2.10. The van der Waals surface area contributed by atoms with Gasteiger partial charge in [0.2, 0.25) is 10.0 Å². The lowest BCUT2D eigenvalue weighted by molar-refractivity contribution is 0.0953. The number of carbonyl (C=O) groups is 1. The highest BCUT2D eigenvalue weighted by Crippen LogP contribution is 2.23. The molecule has 2 aromatic carbocycles. The number of benzene rings is 2. The molecule has 0 bridgehead atoms. The minimum atomic E-state index is -3.83. The first kappa shape index (κ1) is 18.4. The molecule has 0 heterocycles. The van der Waals surface area contributed by atoms with Crippen LogP contribution in [0.2, 0.25) is 5.02 Å². The molecule has 0 saturated heterocycles. The molecule has 7 heteroatoms. The molecule has 0 unspecified atom stereocenters. The van der Waals surface area contributed by atoms with Gasteiger partial charge in [0.15, 0.2) is 0 Å². The highest BCUT2D eigenvalue weighted by molar-refractivity contribution is 7.89. The number of hydrogen-bond acceptors (Lipinski definition) is 3. The smallest absolute Gasteiger partial charge is 0.251 e. The summed E-state index contributed by atoms with van der Waals surface area (Å²) < 4.78 is 27.5. The van der Waals surface area contributed by atoms with Gasteiger partial charge in [0.1, 0.15) is 4.90 Å². The van der Waals surface area contributed by atoms with Gasteiger partial charge < -0.3 is 5.32 Å². The maximum absolute atomic E-state index is 12.5. The first-order valence-electron chi connectivity index (χ1n) is 7.55. The lowest BCUT2D eigenvalue weighted by Crippen LogP contribution is -2.26. The van der Waals surface area contributed by atoms with E-state index in [2.05, 4.69) is 10.0 Å². The summed E-state index contributed by atoms with van der Waals surface area (Å²) in [5, 5.41) is 2.78. The molecular formula is C17H19ClN2O3S. The molecule has 0 fully saturated rings. The van der Waals surface area contributed by atoms with E-state index in [4.69, 9.17) is 11.6 Å². The van der Waals surface area contributed by atoms with Crippen LogP contribution in [0.4, 0.5) is 0 Å². The largest absolute Gasteiger partial charge is 0.352 e. The standard InChI is InChI=1S/C17H19ClN2O3S/c1-2-10-19-17(21)14-8-9-15(18)16(11-14)24(22,23)20-12-13-6-4-3-5-7-13/h3-9,11,20H,2,10,12H2,1H3,(H,19,21). The van der Waals surface area contributed by atoms with Crippen molar-refractivity contribution in [3.05, 3.63) is 64.7 Å². The van der Waals surface area contributed by atoms with Crippen molar-refractivity contribution in [3.63, 3.8) is 0 Å². The Bertz CT molecular complexity index is 808. The van der Waals surface area contributed by atoms with Crippen LogP contribution in [0.25, 0.3) is 0 Å². The minimum absolute atomic E-state index is 0.0719. The second kappa shape index (κ2) is 8.28. The van der Waals surface area contributed by atoms with Crippen LogP contribution < -0.4 is 10.0 Å². The molecule has 0 aliphatic rings. The quantitative estimate of drug-likeness (QED) is 0.791. The molecule has 0 radical (unpaired) electrons. The number of carbonyl (C=O) groups excluding carboxylic acids is 1. The van der Waals surface area contributed by atoms with Crippen LogP contribution in [0.5, 0.6) is 0 Å². The molecule has 5 nitrogen and oxygen atoms in total. The number of rotatable bonds is 7. The SMILES string of the molecule is CCCNC(=O)c1ccc(Cl)c(S(=O)(=O)NCc2ccccc2)c1. The molecule has 0 aliphatic heterocycles. The number of halogens is 1. The lowest BCUT2D eigenvalue weighted by atomic mass is 10.2. The van der Waals surface area contributed by atoms with Crippen molar-refractivity contribution in [2.45, 2.75) is 24.8 Å². The van der Waals surface area contributed by atoms with Gasteiger partial charge in [0.05, 0.1) is 5.02 Å². The Hall–Kier alpha value is -1.89. The van der Waals surface area contributed by atoms with E-state index >= 15 is 0 Å². The van der Waals surface area contributed by atoms with E-state index in [0.29, 0.717) is 6.54 Å². The average molecular weight is 367 g/mol. The van der Waals surface area contributed by atoms with Crippen molar-refractivity contribution >= 4 is 27.5 Å². The summed E-state index contributed by atoms with van der Waals surface area (Å²) in [7, 11) is -3.83. The molecule has 24 heavy (non-hydrogen) atoms. The molecular weight excluding hydrogens is 348 g/mol. The van der Waals surface area contributed by atoms with Crippen LogP contribution in [0.3, 0.4) is 0 Å². The Balaban J connectivity index is 2.21. The van der Waals surface area contributed by atoms with Crippen molar-refractivity contribution in [2.24, 2.45) is 0 Å². The van der Waals surface area contributed by atoms with E-state index < -0.39 is 10.0 Å². The summed E-state index contributed by atoms with van der Waals surface area (Å²) in [5.41, 5.74) is 1.09. The van der Waals surface area contributed by atoms with E-state index in [1.165, 1.54) is 18.2 Å². The van der Waals surface area contributed by atoms with Crippen molar-refractivity contribution in [1.82, 2.24) is 10.0 Å². The number of hydrogen-bond donors (Lipinski definition) is 2. The predicted molar refractivity (Wildman–Crippen MR) is 94.5 cm³/mol. The van der Waals surface area contributed by atoms with E-state index in [0.717, 1.165) is 12.0 Å². The average Bonchev–Trinajstić information content (AvgIpc) is 2.59. The van der Waals surface area contributed by atoms with Crippen molar-refractivity contribution < 1.29 is 13.2 Å². The second-order valence-electron chi connectivity index (χ2n) is 5.21. The molecule has 0 aromatic heterocycles. The minimum Gasteiger partial charge on any atom is -0.352 e. The summed E-state index contributed by atoms with van der Waals surface area (Å²) in [6.45, 7) is 2.60. The van der Waals surface area contributed by atoms with Crippen molar-refractivity contribution in [2.75, 3.05) is 6.54 Å². The molecule has 2 rings (SSSR count). The Morgan fingerprint density at radius 1 is 1.12 bits per heavy atom. The third kappa shape index (κ3) is 4.80. The summed E-state index contributed by atoms with van der Waals surface area (Å²) >= 11 is 6.02. The van der Waals surface area contributed by atoms with Gasteiger partial charge in [-0.15, -0.1) is 0 Å². The fourth-order valence-electron chi connectivity index (χ4n) is 2.04. The number of amides is 1. The summed E-state index contributed by atoms with van der Waals surface area (Å²) in [4.78, 5) is 11.9. The summed E-state index contributed by atoms with van der Waals surface area (Å²) in [5.74, 6) is -0.326. The third-order valence-electron chi connectivity index (χ3n) is 3.33. The van der Waals surface area contributed by atoms with Crippen molar-refractivity contribution in [3.8, 4) is 0 Å². The van der Waals surface area contributed by atoms with E-state index in [1.807, 2.05) is 37.3 Å². The van der Waals surface area contributed by atoms with Crippen LogP contribution in [0.15, 0.2) is 53.4 Å². The zero-order valence-corrected chi connectivity index (χ0v) is 14.8. The maximum Gasteiger partial charge on any atom is 0.251 e. The van der Waals surface area contributed by atoms with Gasteiger partial charge in [-0.05, 0) is 30.2 Å². The monoisotopic (exact) mass is 366 g/mol. The Labute approximate surface area is 147 Å². The second-order valence-corrected chi connectivity index (χ2v) is 7.35. The van der Waals surface area contributed by atoms with Gasteiger partial charge in [-0.1, -0.05) is 48.9 Å². The number of nitrogens with one attached hydrogen (secondary N) is 2. The summed E-state index contributed by atoms with van der Waals surface area (Å²) in [6, 6.07) is 13.4. The van der Waals surface area contributed by atoms with Crippen LogP contribution in [0, 0.1) is 0 Å². The fourth-order valence-corrected chi connectivity index (χ4v) is 3.58.